The third-order valence-electron chi connectivity index (χ3n) is 3.70. The maximum absolute atomic E-state index is 11.7. The molecule has 140 valence electrons. The number of carbonyl (C=O) groups is 2. The van der Waals surface area contributed by atoms with Gasteiger partial charge in [-0.2, -0.15) is 0 Å². The van der Waals surface area contributed by atoms with Crippen molar-refractivity contribution >= 4 is 12.1 Å². The molecule has 0 saturated heterocycles. The molecule has 1 unspecified atom stereocenters. The second-order valence-electron chi connectivity index (χ2n) is 6.00. The zero-order valence-corrected chi connectivity index (χ0v) is 15.3. The lowest BCUT2D eigenvalue weighted by molar-refractivity contribution is -0.452. The van der Waals surface area contributed by atoms with E-state index in [4.69, 9.17) is 4.74 Å². The van der Waals surface area contributed by atoms with Crippen LogP contribution in [0.15, 0.2) is 24.3 Å². The Hall–Kier alpha value is -2.08. The largest absolute Gasteiger partial charge is 0.543 e. The van der Waals surface area contributed by atoms with Crippen molar-refractivity contribution in [2.75, 3.05) is 0 Å². The summed E-state index contributed by atoms with van der Waals surface area (Å²) < 4.78 is 4.98. The molecule has 1 aromatic carbocycles. The van der Waals surface area contributed by atoms with Crippen molar-refractivity contribution in [2.24, 2.45) is 0 Å². The highest BCUT2D eigenvalue weighted by Crippen LogP contribution is 2.10. The molecule has 0 bridgehead atoms. The quantitative estimate of drug-likeness (QED) is 0.237. The molecule has 1 aromatic rings. The van der Waals surface area contributed by atoms with E-state index in [1.54, 1.807) is 19.1 Å². The average Bonchev–Trinajstić information content (AvgIpc) is 2.59. The SMILES string of the molecule is CCCCCCC(C)OC(=O)OOOC(=O)c1ccc(CCC)cc1. The van der Waals surface area contributed by atoms with Gasteiger partial charge in [-0.05, 0) is 43.9 Å². The number of carbonyl (C=O) groups excluding carboxylic acids is 2. The second-order valence-corrected chi connectivity index (χ2v) is 6.00. The van der Waals surface area contributed by atoms with Crippen molar-refractivity contribution < 1.29 is 29.1 Å². The molecule has 0 aromatic heterocycles. The third-order valence-corrected chi connectivity index (χ3v) is 3.70. The number of benzene rings is 1. The molecule has 0 spiro atoms. The molecule has 6 heteroatoms. The molecule has 0 amide bonds. The standard InChI is InChI=1S/C19H28O6/c1-4-6-7-8-10-15(3)22-19(21)24-25-23-18(20)17-13-11-16(9-5-2)12-14-17/h11-15H,4-10H2,1-3H3. The van der Waals surface area contributed by atoms with Gasteiger partial charge in [0.25, 0.3) is 0 Å². The second kappa shape index (κ2) is 12.3. The van der Waals surface area contributed by atoms with E-state index in [1.807, 2.05) is 12.1 Å². The summed E-state index contributed by atoms with van der Waals surface area (Å²) >= 11 is 0. The Morgan fingerprint density at radius 3 is 2.32 bits per heavy atom. The first-order valence-electron chi connectivity index (χ1n) is 8.91. The highest BCUT2D eigenvalue weighted by Gasteiger charge is 2.14. The van der Waals surface area contributed by atoms with Gasteiger partial charge in [0.2, 0.25) is 0 Å². The minimum absolute atomic E-state index is 0.283. The molecule has 1 atom stereocenters. The van der Waals surface area contributed by atoms with Crippen LogP contribution in [0.4, 0.5) is 4.79 Å². The molecule has 0 aliphatic heterocycles. The van der Waals surface area contributed by atoms with Crippen molar-refractivity contribution in [1.82, 2.24) is 0 Å². The molecule has 0 aliphatic rings. The van der Waals surface area contributed by atoms with Crippen LogP contribution in [-0.2, 0) is 26.0 Å². The summed E-state index contributed by atoms with van der Waals surface area (Å²) in [7, 11) is 0. The van der Waals surface area contributed by atoms with Gasteiger partial charge in [-0.15, -0.1) is 0 Å². The van der Waals surface area contributed by atoms with Crippen LogP contribution in [-0.4, -0.2) is 18.2 Å². The van der Waals surface area contributed by atoms with Gasteiger partial charge in [-0.1, -0.05) is 51.7 Å². The van der Waals surface area contributed by atoms with E-state index in [0.717, 1.165) is 50.5 Å². The molecule has 0 aliphatic carbocycles. The summed E-state index contributed by atoms with van der Waals surface area (Å²) in [4.78, 5) is 31.9. The highest BCUT2D eigenvalue weighted by atomic mass is 17.5. The summed E-state index contributed by atoms with van der Waals surface area (Å²) in [5.41, 5.74) is 1.44. The minimum atomic E-state index is -1.03. The van der Waals surface area contributed by atoms with Crippen LogP contribution in [0, 0.1) is 0 Å². The lowest BCUT2D eigenvalue weighted by Crippen LogP contribution is -2.17. The minimum Gasteiger partial charge on any atom is -0.429 e. The topological polar surface area (TPSA) is 71.1 Å². The highest BCUT2D eigenvalue weighted by molar-refractivity contribution is 5.88. The molecule has 1 rings (SSSR count). The molecule has 0 fully saturated rings. The maximum atomic E-state index is 11.7. The molecular formula is C19H28O6. The predicted octanol–water partition coefficient (Wildman–Crippen LogP) is 5.15. The number of unbranched alkanes of at least 4 members (excludes halogenated alkanes) is 3. The number of rotatable bonds is 11. The zero-order chi connectivity index (χ0) is 18.5. The van der Waals surface area contributed by atoms with Gasteiger partial charge in [-0.3, -0.25) is 4.89 Å². The summed E-state index contributed by atoms with van der Waals surface area (Å²) in [6.07, 6.45) is 5.80. The molecule has 0 heterocycles. The first kappa shape index (κ1) is 21.0. The number of ether oxygens (including phenoxy) is 1. The summed E-state index contributed by atoms with van der Waals surface area (Å²) in [5, 5.41) is 4.21. The smallest absolute Gasteiger partial charge is 0.429 e. The molecular weight excluding hydrogens is 324 g/mol. The number of hydrogen-bond donors (Lipinski definition) is 0. The van der Waals surface area contributed by atoms with Gasteiger partial charge < -0.3 is 4.74 Å². The van der Waals surface area contributed by atoms with Crippen LogP contribution in [0.25, 0.3) is 0 Å². The van der Waals surface area contributed by atoms with Crippen LogP contribution in [0.5, 0.6) is 0 Å². The Morgan fingerprint density at radius 2 is 1.68 bits per heavy atom. The Kier molecular flexibility index (Phi) is 10.3. The maximum Gasteiger partial charge on any atom is 0.543 e. The van der Waals surface area contributed by atoms with Gasteiger partial charge in [0.05, 0.1) is 10.6 Å². The van der Waals surface area contributed by atoms with Gasteiger partial charge >= 0.3 is 12.1 Å². The van der Waals surface area contributed by atoms with E-state index in [0.29, 0.717) is 5.56 Å². The first-order valence-corrected chi connectivity index (χ1v) is 8.91. The Bertz CT molecular complexity index is 511. The molecule has 0 saturated carbocycles. The summed E-state index contributed by atoms with van der Waals surface area (Å²) in [6, 6.07) is 6.95. The lowest BCUT2D eigenvalue weighted by atomic mass is 10.1. The fraction of sp³-hybridized carbons (Fsp3) is 0.579. The van der Waals surface area contributed by atoms with E-state index < -0.39 is 12.1 Å². The fourth-order valence-corrected chi connectivity index (χ4v) is 2.32. The van der Waals surface area contributed by atoms with Gasteiger partial charge in [0.15, 0.2) is 0 Å². The van der Waals surface area contributed by atoms with E-state index in [-0.39, 0.29) is 6.10 Å². The monoisotopic (exact) mass is 352 g/mol. The van der Waals surface area contributed by atoms with Crippen molar-refractivity contribution in [3.8, 4) is 0 Å². The van der Waals surface area contributed by atoms with E-state index >= 15 is 0 Å². The normalized spacial score (nSPS) is 11.6. The number of hydrogen-bond acceptors (Lipinski definition) is 6. The molecule has 6 nitrogen and oxygen atoms in total. The fourth-order valence-electron chi connectivity index (χ4n) is 2.32. The van der Waals surface area contributed by atoms with E-state index in [2.05, 4.69) is 28.7 Å². The third kappa shape index (κ3) is 9.10. The number of aryl methyl sites for hydroxylation is 1. The molecule has 0 radical (unpaired) electrons. The van der Waals surface area contributed by atoms with Gasteiger partial charge in [-0.25, -0.2) is 14.5 Å². The van der Waals surface area contributed by atoms with Crippen molar-refractivity contribution in [2.45, 2.75) is 71.8 Å². The van der Waals surface area contributed by atoms with Crippen LogP contribution in [0.3, 0.4) is 0 Å². The Morgan fingerprint density at radius 1 is 0.960 bits per heavy atom. The average molecular weight is 352 g/mol. The lowest BCUT2D eigenvalue weighted by Gasteiger charge is -2.11. The molecule has 25 heavy (non-hydrogen) atoms. The Labute approximate surface area is 149 Å². The van der Waals surface area contributed by atoms with Gasteiger partial charge in [0.1, 0.15) is 6.10 Å². The van der Waals surface area contributed by atoms with Crippen molar-refractivity contribution in [3.05, 3.63) is 35.4 Å². The summed E-state index contributed by atoms with van der Waals surface area (Å²) in [6.45, 7) is 5.99. The van der Waals surface area contributed by atoms with Crippen LogP contribution >= 0.6 is 0 Å². The van der Waals surface area contributed by atoms with Crippen LogP contribution in [0.1, 0.15) is 75.2 Å². The van der Waals surface area contributed by atoms with Crippen molar-refractivity contribution in [1.29, 1.82) is 0 Å². The van der Waals surface area contributed by atoms with Gasteiger partial charge in [0, 0.05) is 0 Å². The Balaban J connectivity index is 2.22. The predicted molar refractivity (Wildman–Crippen MR) is 92.7 cm³/mol. The zero-order valence-electron chi connectivity index (χ0n) is 15.3. The van der Waals surface area contributed by atoms with E-state index in [1.165, 1.54) is 0 Å². The van der Waals surface area contributed by atoms with Crippen LogP contribution in [0.2, 0.25) is 0 Å². The first-order chi connectivity index (χ1) is 12.1. The van der Waals surface area contributed by atoms with Crippen molar-refractivity contribution in [3.63, 3.8) is 0 Å². The van der Waals surface area contributed by atoms with E-state index in [9.17, 15) is 9.59 Å². The summed E-state index contributed by atoms with van der Waals surface area (Å²) in [5.74, 6) is -0.747. The molecule has 0 N–H and O–H groups in total. The van der Waals surface area contributed by atoms with Crippen LogP contribution < -0.4 is 0 Å².